The SMILES string of the molecule is Cc1ccc(-c2nnnn2CCC(=O)O)cc1F. The van der Waals surface area contributed by atoms with Crippen LogP contribution >= 0.6 is 0 Å². The molecule has 1 aromatic heterocycles. The van der Waals surface area contributed by atoms with E-state index in [0.29, 0.717) is 17.0 Å². The first-order valence-corrected chi connectivity index (χ1v) is 5.32. The zero-order valence-electron chi connectivity index (χ0n) is 9.67. The lowest BCUT2D eigenvalue weighted by Gasteiger charge is -2.04. The third-order valence-corrected chi connectivity index (χ3v) is 2.50. The Kier molecular flexibility index (Phi) is 3.31. The standard InChI is InChI=1S/C11H11FN4O2/c1-7-2-3-8(6-9(7)12)11-13-14-15-16(11)5-4-10(17)18/h2-3,6H,4-5H2,1H3,(H,17,18). The van der Waals surface area contributed by atoms with E-state index in [1.807, 2.05) is 0 Å². The third kappa shape index (κ3) is 2.50. The predicted molar refractivity (Wildman–Crippen MR) is 60.2 cm³/mol. The summed E-state index contributed by atoms with van der Waals surface area (Å²) in [6.07, 6.45) is -0.0909. The molecule has 0 saturated heterocycles. The van der Waals surface area contributed by atoms with Gasteiger partial charge in [-0.3, -0.25) is 4.79 Å². The van der Waals surface area contributed by atoms with Crippen molar-refractivity contribution >= 4 is 5.97 Å². The summed E-state index contributed by atoms with van der Waals surface area (Å²) in [6, 6.07) is 4.65. The Bertz CT molecular complexity index is 582. The van der Waals surface area contributed by atoms with Crippen LogP contribution in [-0.4, -0.2) is 31.3 Å². The monoisotopic (exact) mass is 250 g/mol. The van der Waals surface area contributed by atoms with Crippen molar-refractivity contribution in [1.82, 2.24) is 20.2 Å². The molecule has 7 heteroatoms. The highest BCUT2D eigenvalue weighted by Gasteiger charge is 2.11. The van der Waals surface area contributed by atoms with Crippen molar-refractivity contribution in [3.8, 4) is 11.4 Å². The number of halogens is 1. The van der Waals surface area contributed by atoms with E-state index in [0.717, 1.165) is 0 Å². The van der Waals surface area contributed by atoms with Gasteiger partial charge in [0.1, 0.15) is 5.82 Å². The lowest BCUT2D eigenvalue weighted by molar-refractivity contribution is -0.137. The van der Waals surface area contributed by atoms with Crippen LogP contribution in [0.15, 0.2) is 18.2 Å². The highest BCUT2D eigenvalue weighted by atomic mass is 19.1. The molecule has 2 aromatic rings. The van der Waals surface area contributed by atoms with Crippen LogP contribution in [0.4, 0.5) is 4.39 Å². The Hall–Kier alpha value is -2.31. The molecule has 0 fully saturated rings. The fourth-order valence-corrected chi connectivity index (χ4v) is 1.50. The number of carbonyl (C=O) groups is 1. The van der Waals surface area contributed by atoms with E-state index in [4.69, 9.17) is 5.11 Å². The topological polar surface area (TPSA) is 80.9 Å². The van der Waals surface area contributed by atoms with Gasteiger partial charge in [0.25, 0.3) is 0 Å². The molecule has 0 saturated carbocycles. The number of rotatable bonds is 4. The second-order valence-electron chi connectivity index (χ2n) is 3.83. The van der Waals surface area contributed by atoms with Gasteiger partial charge in [-0.1, -0.05) is 12.1 Å². The molecule has 1 aromatic carbocycles. The van der Waals surface area contributed by atoms with E-state index >= 15 is 0 Å². The minimum Gasteiger partial charge on any atom is -0.481 e. The molecule has 6 nitrogen and oxygen atoms in total. The molecule has 0 spiro atoms. The Balaban J connectivity index is 2.30. The second kappa shape index (κ2) is 4.91. The fourth-order valence-electron chi connectivity index (χ4n) is 1.50. The molecule has 18 heavy (non-hydrogen) atoms. The molecule has 0 amide bonds. The summed E-state index contributed by atoms with van der Waals surface area (Å²) in [5, 5.41) is 19.6. The van der Waals surface area contributed by atoms with E-state index in [2.05, 4.69) is 15.5 Å². The number of carboxylic acids is 1. The Morgan fingerprint density at radius 2 is 2.28 bits per heavy atom. The number of hydrogen-bond donors (Lipinski definition) is 1. The first-order chi connectivity index (χ1) is 8.58. The molecule has 94 valence electrons. The van der Waals surface area contributed by atoms with Crippen molar-refractivity contribution in [3.63, 3.8) is 0 Å². The number of tetrazole rings is 1. The van der Waals surface area contributed by atoms with E-state index in [-0.39, 0.29) is 18.8 Å². The van der Waals surface area contributed by atoms with Crippen LogP contribution in [0.1, 0.15) is 12.0 Å². The Morgan fingerprint density at radius 1 is 1.50 bits per heavy atom. The van der Waals surface area contributed by atoms with Crippen molar-refractivity contribution in [1.29, 1.82) is 0 Å². The first kappa shape index (κ1) is 12.2. The van der Waals surface area contributed by atoms with Crippen molar-refractivity contribution in [2.75, 3.05) is 0 Å². The van der Waals surface area contributed by atoms with Crippen molar-refractivity contribution < 1.29 is 14.3 Å². The molecule has 1 heterocycles. The maximum absolute atomic E-state index is 13.4. The quantitative estimate of drug-likeness (QED) is 0.883. The maximum atomic E-state index is 13.4. The Morgan fingerprint density at radius 3 is 2.94 bits per heavy atom. The molecule has 1 N–H and O–H groups in total. The molecular formula is C11H11FN4O2. The summed E-state index contributed by atoms with van der Waals surface area (Å²) in [4.78, 5) is 10.5. The molecule has 0 aliphatic heterocycles. The van der Waals surface area contributed by atoms with Crippen molar-refractivity contribution in [3.05, 3.63) is 29.6 Å². The van der Waals surface area contributed by atoms with Crippen LogP contribution in [0.25, 0.3) is 11.4 Å². The molecule has 0 bridgehead atoms. The average molecular weight is 250 g/mol. The largest absolute Gasteiger partial charge is 0.481 e. The molecule has 2 rings (SSSR count). The molecule has 0 aliphatic carbocycles. The van der Waals surface area contributed by atoms with E-state index < -0.39 is 5.97 Å². The van der Waals surface area contributed by atoms with Crippen LogP contribution in [0.5, 0.6) is 0 Å². The summed E-state index contributed by atoms with van der Waals surface area (Å²) < 4.78 is 14.8. The van der Waals surface area contributed by atoms with E-state index in [1.54, 1.807) is 19.1 Å². The third-order valence-electron chi connectivity index (χ3n) is 2.50. The van der Waals surface area contributed by atoms with Gasteiger partial charge in [0, 0.05) is 5.56 Å². The van der Waals surface area contributed by atoms with Crippen LogP contribution < -0.4 is 0 Å². The second-order valence-corrected chi connectivity index (χ2v) is 3.83. The van der Waals surface area contributed by atoms with Gasteiger partial charge in [0.2, 0.25) is 0 Å². The number of nitrogens with zero attached hydrogens (tertiary/aromatic N) is 4. The van der Waals surface area contributed by atoms with Gasteiger partial charge in [0.15, 0.2) is 5.82 Å². The number of carboxylic acid groups (broad SMARTS) is 1. The lowest BCUT2D eigenvalue weighted by Crippen LogP contribution is -2.07. The number of benzene rings is 1. The zero-order chi connectivity index (χ0) is 13.1. The minimum absolute atomic E-state index is 0.0909. The van der Waals surface area contributed by atoms with Crippen molar-refractivity contribution in [2.45, 2.75) is 19.9 Å². The highest BCUT2D eigenvalue weighted by molar-refractivity contribution is 5.66. The molecule has 0 unspecified atom stereocenters. The lowest BCUT2D eigenvalue weighted by atomic mass is 10.1. The summed E-state index contributed by atoms with van der Waals surface area (Å²) in [6.45, 7) is 1.81. The van der Waals surface area contributed by atoms with Gasteiger partial charge in [-0.25, -0.2) is 9.07 Å². The van der Waals surface area contributed by atoms with Crippen LogP contribution in [0.2, 0.25) is 0 Å². The van der Waals surface area contributed by atoms with Gasteiger partial charge in [-0.05, 0) is 29.0 Å². The van der Waals surface area contributed by atoms with Gasteiger partial charge in [-0.2, -0.15) is 0 Å². The van der Waals surface area contributed by atoms with Crippen LogP contribution in [0, 0.1) is 12.7 Å². The van der Waals surface area contributed by atoms with Gasteiger partial charge in [-0.15, -0.1) is 5.10 Å². The average Bonchev–Trinajstić information content (AvgIpc) is 2.78. The first-order valence-electron chi connectivity index (χ1n) is 5.32. The van der Waals surface area contributed by atoms with E-state index in [9.17, 15) is 9.18 Å². The number of hydrogen-bond acceptors (Lipinski definition) is 4. The normalized spacial score (nSPS) is 10.6. The molecule has 0 atom stereocenters. The number of aromatic nitrogens is 4. The van der Waals surface area contributed by atoms with Crippen LogP contribution in [0.3, 0.4) is 0 Å². The predicted octanol–water partition coefficient (Wildman–Crippen LogP) is 1.26. The summed E-state index contributed by atoms with van der Waals surface area (Å²) in [5.74, 6) is -0.929. The molecule has 0 radical (unpaired) electrons. The summed E-state index contributed by atoms with van der Waals surface area (Å²) in [5.41, 5.74) is 1.05. The molecule has 0 aliphatic rings. The van der Waals surface area contributed by atoms with Gasteiger partial charge >= 0.3 is 5.97 Å². The number of aryl methyl sites for hydroxylation is 2. The molecular weight excluding hydrogens is 239 g/mol. The highest BCUT2D eigenvalue weighted by Crippen LogP contribution is 2.19. The summed E-state index contributed by atoms with van der Waals surface area (Å²) in [7, 11) is 0. The van der Waals surface area contributed by atoms with Gasteiger partial charge < -0.3 is 5.11 Å². The summed E-state index contributed by atoms with van der Waals surface area (Å²) >= 11 is 0. The Labute approximate surface area is 102 Å². The van der Waals surface area contributed by atoms with E-state index in [1.165, 1.54) is 10.7 Å². The smallest absolute Gasteiger partial charge is 0.305 e. The maximum Gasteiger partial charge on any atom is 0.305 e. The van der Waals surface area contributed by atoms with Crippen molar-refractivity contribution in [2.24, 2.45) is 0 Å². The van der Waals surface area contributed by atoms with Gasteiger partial charge in [0.05, 0.1) is 13.0 Å². The minimum atomic E-state index is -0.938. The fraction of sp³-hybridized carbons (Fsp3) is 0.273. The zero-order valence-corrected chi connectivity index (χ0v) is 9.67. The van der Waals surface area contributed by atoms with Crippen LogP contribution in [-0.2, 0) is 11.3 Å². The number of aliphatic carboxylic acids is 1.